The number of carbonyl (C=O) groups excluding carboxylic acids is 1. The summed E-state index contributed by atoms with van der Waals surface area (Å²) in [6.45, 7) is 8.54. The molecule has 2 aromatic carbocycles. The van der Waals surface area contributed by atoms with Gasteiger partial charge in [-0.3, -0.25) is 10.2 Å². The van der Waals surface area contributed by atoms with Crippen LogP contribution in [0.15, 0.2) is 18.2 Å². The first-order valence-electron chi connectivity index (χ1n) is 17.0. The third kappa shape index (κ3) is 6.82. The molecular formula is C36H38ClF3N6O5S. The Morgan fingerprint density at radius 3 is 2.83 bits per heavy atom. The van der Waals surface area contributed by atoms with Gasteiger partial charge in [0.05, 0.1) is 40.6 Å². The Morgan fingerprint density at radius 1 is 1.29 bits per heavy atom. The Bertz CT molecular complexity index is 2120. The van der Waals surface area contributed by atoms with Crippen LogP contribution in [0.3, 0.4) is 0 Å². The number of anilines is 2. The maximum Gasteiger partial charge on any atom is 0.412 e. The second-order valence-electron chi connectivity index (χ2n) is 15.0. The summed E-state index contributed by atoms with van der Waals surface area (Å²) in [5.74, 6) is -1.33. The number of fused-ring (bicyclic) bond motifs is 3. The fourth-order valence-electron chi connectivity index (χ4n) is 7.51. The van der Waals surface area contributed by atoms with Crippen LogP contribution in [0.25, 0.3) is 32.1 Å². The van der Waals surface area contributed by atoms with Crippen LogP contribution in [0, 0.1) is 23.0 Å². The van der Waals surface area contributed by atoms with Crippen LogP contribution < -0.4 is 15.0 Å². The van der Waals surface area contributed by atoms with E-state index in [2.05, 4.69) is 15.2 Å². The van der Waals surface area contributed by atoms with Crippen LogP contribution in [-0.2, 0) is 9.47 Å². The van der Waals surface area contributed by atoms with E-state index in [0.717, 1.165) is 36.8 Å². The SMILES string of the molecule is CC(C)(C)OC(=O)Nc1sc2c(F)ccc(-c3c(Cl)cc4c(N5CCOC[C@@](C)(O)C5)nc(OC[C@@]56CCCN5C[C@H](F)C6)nc4c3F)c2c1C#N. The molecule has 5 heterocycles. The first kappa shape index (κ1) is 36.4. The number of rotatable bonds is 6. The summed E-state index contributed by atoms with van der Waals surface area (Å²) in [5, 5.41) is 24.0. The lowest BCUT2D eigenvalue weighted by Crippen LogP contribution is -2.44. The van der Waals surface area contributed by atoms with Gasteiger partial charge >= 0.3 is 12.1 Å². The Balaban J connectivity index is 1.38. The van der Waals surface area contributed by atoms with Crippen molar-refractivity contribution in [2.45, 2.75) is 69.9 Å². The Morgan fingerprint density at radius 2 is 2.08 bits per heavy atom. The molecule has 0 saturated carbocycles. The van der Waals surface area contributed by atoms with E-state index in [0.29, 0.717) is 19.5 Å². The topological polar surface area (TPSA) is 133 Å². The molecule has 4 aromatic rings. The first-order chi connectivity index (χ1) is 24.6. The molecule has 7 rings (SSSR count). The number of aliphatic hydroxyl groups is 1. The Kier molecular flexibility index (Phi) is 9.44. The van der Waals surface area contributed by atoms with Crippen molar-refractivity contribution in [2.75, 3.05) is 56.2 Å². The molecule has 11 nitrogen and oxygen atoms in total. The van der Waals surface area contributed by atoms with Crippen LogP contribution in [-0.4, -0.2) is 95.0 Å². The molecule has 3 saturated heterocycles. The minimum Gasteiger partial charge on any atom is -0.461 e. The van der Waals surface area contributed by atoms with Gasteiger partial charge in [0, 0.05) is 35.8 Å². The molecule has 2 N–H and O–H groups in total. The number of hydrogen-bond acceptors (Lipinski definition) is 11. The number of nitrogens with zero attached hydrogens (tertiary/aromatic N) is 5. The van der Waals surface area contributed by atoms with E-state index in [1.54, 1.807) is 32.6 Å². The number of aromatic nitrogens is 2. The van der Waals surface area contributed by atoms with Gasteiger partial charge in [-0.05, 0) is 64.8 Å². The molecule has 16 heteroatoms. The van der Waals surface area contributed by atoms with Crippen molar-refractivity contribution in [1.29, 1.82) is 5.26 Å². The molecule has 0 aliphatic carbocycles. The lowest BCUT2D eigenvalue weighted by atomic mass is 9.95. The second-order valence-corrected chi connectivity index (χ2v) is 16.4. The van der Waals surface area contributed by atoms with Gasteiger partial charge in [0.1, 0.15) is 52.2 Å². The summed E-state index contributed by atoms with van der Waals surface area (Å²) in [5.41, 5.74) is -2.96. The zero-order valence-corrected chi connectivity index (χ0v) is 30.7. The summed E-state index contributed by atoms with van der Waals surface area (Å²) in [4.78, 5) is 25.7. The van der Waals surface area contributed by atoms with Gasteiger partial charge in [-0.2, -0.15) is 15.2 Å². The minimum atomic E-state index is -1.27. The monoisotopic (exact) mass is 758 g/mol. The summed E-state index contributed by atoms with van der Waals surface area (Å²) in [6, 6.07) is 5.83. The highest BCUT2D eigenvalue weighted by atomic mass is 35.5. The lowest BCUT2D eigenvalue weighted by molar-refractivity contribution is -0.0123. The van der Waals surface area contributed by atoms with Gasteiger partial charge in [0.25, 0.3) is 0 Å². The number of hydrogen-bond donors (Lipinski definition) is 2. The van der Waals surface area contributed by atoms with Crippen molar-refractivity contribution < 1.29 is 37.3 Å². The van der Waals surface area contributed by atoms with E-state index in [4.69, 9.17) is 30.8 Å². The molecule has 3 aliphatic rings. The molecule has 1 amide bonds. The molecule has 0 radical (unpaired) electrons. The van der Waals surface area contributed by atoms with Crippen molar-refractivity contribution in [1.82, 2.24) is 14.9 Å². The maximum absolute atomic E-state index is 17.2. The van der Waals surface area contributed by atoms with E-state index in [-0.39, 0.29) is 85.9 Å². The zero-order chi connectivity index (χ0) is 37.2. The third-order valence-electron chi connectivity index (χ3n) is 9.61. The van der Waals surface area contributed by atoms with Crippen LogP contribution in [0.2, 0.25) is 5.02 Å². The second kappa shape index (κ2) is 13.5. The van der Waals surface area contributed by atoms with Gasteiger partial charge in [0.2, 0.25) is 0 Å². The number of nitrogens with one attached hydrogen (secondary N) is 1. The molecule has 3 fully saturated rings. The highest BCUT2D eigenvalue weighted by molar-refractivity contribution is 7.23. The van der Waals surface area contributed by atoms with E-state index >= 15 is 8.78 Å². The third-order valence-corrected chi connectivity index (χ3v) is 11.0. The van der Waals surface area contributed by atoms with Gasteiger partial charge in [-0.1, -0.05) is 17.7 Å². The number of thiophene rings is 1. The molecule has 2 aromatic heterocycles. The van der Waals surface area contributed by atoms with E-state index in [1.807, 2.05) is 6.07 Å². The van der Waals surface area contributed by atoms with E-state index < -0.39 is 40.6 Å². The van der Waals surface area contributed by atoms with Crippen molar-refractivity contribution in [2.24, 2.45) is 0 Å². The van der Waals surface area contributed by atoms with Crippen LogP contribution >= 0.6 is 22.9 Å². The van der Waals surface area contributed by atoms with Gasteiger partial charge in [0.15, 0.2) is 5.82 Å². The van der Waals surface area contributed by atoms with Crippen LogP contribution in [0.1, 0.15) is 52.5 Å². The summed E-state index contributed by atoms with van der Waals surface area (Å²) in [7, 11) is 0. The zero-order valence-electron chi connectivity index (χ0n) is 29.1. The number of ether oxygens (including phenoxy) is 3. The average molecular weight is 759 g/mol. The highest BCUT2D eigenvalue weighted by Crippen LogP contribution is 2.47. The number of nitriles is 1. The number of carbonyl (C=O) groups is 1. The maximum atomic E-state index is 17.2. The number of benzene rings is 2. The molecule has 0 unspecified atom stereocenters. The Labute approximate surface area is 307 Å². The quantitative estimate of drug-likeness (QED) is 0.208. The number of halogens is 4. The van der Waals surface area contributed by atoms with Crippen LogP contribution in [0.5, 0.6) is 6.01 Å². The van der Waals surface area contributed by atoms with Gasteiger partial charge in [-0.15, -0.1) is 11.3 Å². The predicted molar refractivity (Wildman–Crippen MR) is 192 cm³/mol. The van der Waals surface area contributed by atoms with Crippen molar-refractivity contribution in [3.63, 3.8) is 0 Å². The van der Waals surface area contributed by atoms with Crippen molar-refractivity contribution >= 4 is 60.8 Å². The molecule has 0 bridgehead atoms. The largest absolute Gasteiger partial charge is 0.461 e. The summed E-state index contributed by atoms with van der Waals surface area (Å²) in [6.07, 6.45) is 0.110. The summed E-state index contributed by atoms with van der Waals surface area (Å²) >= 11 is 7.69. The predicted octanol–water partition coefficient (Wildman–Crippen LogP) is 7.20. The molecule has 3 aliphatic heterocycles. The molecule has 276 valence electrons. The lowest BCUT2D eigenvalue weighted by Gasteiger charge is -2.31. The van der Waals surface area contributed by atoms with E-state index in [1.165, 1.54) is 12.1 Å². The van der Waals surface area contributed by atoms with E-state index in [9.17, 15) is 19.6 Å². The standard InChI is InChI=1S/C36H38ClF3N6O5S/c1-34(2,3)51-33(47)44-31-22(14-41)25-20(6-7-24(39)29(25)52-31)26-23(37)12-21-28(27(26)40)42-32(43-30(21)45-10-11-49-17-35(4,48)16-45)50-18-36-8-5-9-46(36)15-19(38)13-36/h6-7,12,19,48H,5,8-11,13,15-18H2,1-4H3,(H,44,47)/t19-,35+,36+/m1/s1. The number of amides is 1. The van der Waals surface area contributed by atoms with Gasteiger partial charge in [-0.25, -0.2) is 18.0 Å². The number of β-amino-alcohol motifs (C(OH)–C–C–N with tert-alkyl or cyclic N) is 1. The van der Waals surface area contributed by atoms with Crippen molar-refractivity contribution in [3.05, 3.63) is 40.4 Å². The Hall–Kier alpha value is -3.94. The number of alkyl halides is 1. The fraction of sp³-hybridized carbons (Fsp3) is 0.500. The minimum absolute atomic E-state index is 0.00188. The molecule has 52 heavy (non-hydrogen) atoms. The summed E-state index contributed by atoms with van der Waals surface area (Å²) < 4.78 is 64.3. The fourth-order valence-corrected chi connectivity index (χ4v) is 8.88. The van der Waals surface area contributed by atoms with Crippen LogP contribution in [0.4, 0.5) is 28.8 Å². The smallest absolute Gasteiger partial charge is 0.412 e. The van der Waals surface area contributed by atoms with Gasteiger partial charge < -0.3 is 24.2 Å². The normalized spacial score (nSPS) is 23.8. The van der Waals surface area contributed by atoms with Crippen molar-refractivity contribution in [3.8, 4) is 23.2 Å². The molecule has 3 atom stereocenters. The molecular weight excluding hydrogens is 721 g/mol. The first-order valence-corrected chi connectivity index (χ1v) is 18.2. The highest BCUT2D eigenvalue weighted by Gasteiger charge is 2.49. The molecule has 0 spiro atoms. The average Bonchev–Trinajstić information content (AvgIpc) is 3.67.